The van der Waals surface area contributed by atoms with Gasteiger partial charge in [0.15, 0.2) is 5.69 Å². The quantitative estimate of drug-likeness (QED) is 0.798. The Kier molecular flexibility index (Phi) is 3.09. The molecular weight excluding hydrogens is 220 g/mol. The molecule has 0 amide bonds. The largest absolute Gasteiger partial charge is 0.461 e. The van der Waals surface area contributed by atoms with Crippen molar-refractivity contribution < 1.29 is 13.9 Å². The predicted molar refractivity (Wildman–Crippen MR) is 62.9 cm³/mol. The summed E-state index contributed by atoms with van der Waals surface area (Å²) >= 11 is 0. The lowest BCUT2D eigenvalue weighted by atomic mass is 9.99. The van der Waals surface area contributed by atoms with Gasteiger partial charge in [-0.3, -0.25) is 0 Å². The Balaban J connectivity index is 2.00. The Morgan fingerprint density at radius 3 is 2.94 bits per heavy atom. The van der Waals surface area contributed by atoms with Crippen LogP contribution in [-0.4, -0.2) is 23.1 Å². The average Bonchev–Trinajstić information content (AvgIpc) is 3.01. The number of rotatable bonds is 5. The van der Waals surface area contributed by atoms with Gasteiger partial charge in [-0.15, -0.1) is 0 Å². The summed E-state index contributed by atoms with van der Waals surface area (Å²) < 4.78 is 10.1. The third kappa shape index (κ3) is 2.78. The number of carbonyl (C=O) groups excluding carboxylic acids is 1. The molecule has 1 fully saturated rings. The van der Waals surface area contributed by atoms with Gasteiger partial charge in [0.05, 0.1) is 6.61 Å². The zero-order valence-electron chi connectivity index (χ0n) is 10.4. The highest BCUT2D eigenvalue weighted by molar-refractivity contribution is 5.87. The van der Waals surface area contributed by atoms with Gasteiger partial charge in [-0.2, -0.15) is 4.98 Å². The third-order valence-electron chi connectivity index (χ3n) is 3.02. The molecule has 0 spiro atoms. The normalized spacial score (nSPS) is 15.7. The summed E-state index contributed by atoms with van der Waals surface area (Å²) in [4.78, 5) is 15.5. The van der Waals surface area contributed by atoms with Crippen molar-refractivity contribution in [2.75, 3.05) is 11.9 Å². The lowest BCUT2D eigenvalue weighted by Gasteiger charge is -2.24. The maximum atomic E-state index is 11.4. The standard InChI is InChI=1S/C12H18N2O3/c1-4-16-10(15)9-7-17-11(13-9)14-12(2,3)8-5-6-8/h7-8H,4-6H2,1-3H3,(H,13,14). The molecule has 5 nitrogen and oxygen atoms in total. The Hall–Kier alpha value is -1.52. The van der Waals surface area contributed by atoms with E-state index in [2.05, 4.69) is 24.1 Å². The van der Waals surface area contributed by atoms with E-state index in [-0.39, 0.29) is 11.2 Å². The number of hydrogen-bond acceptors (Lipinski definition) is 5. The van der Waals surface area contributed by atoms with Gasteiger partial charge in [0.1, 0.15) is 6.26 Å². The molecule has 0 aliphatic heterocycles. The number of nitrogens with zero attached hydrogens (tertiary/aromatic N) is 1. The van der Waals surface area contributed by atoms with E-state index in [9.17, 15) is 4.79 Å². The molecular formula is C12H18N2O3. The number of hydrogen-bond donors (Lipinski definition) is 1. The van der Waals surface area contributed by atoms with Crippen molar-refractivity contribution in [2.45, 2.75) is 39.2 Å². The molecule has 0 aromatic carbocycles. The number of aromatic nitrogens is 1. The van der Waals surface area contributed by atoms with Crippen molar-refractivity contribution in [3.05, 3.63) is 12.0 Å². The molecule has 1 aromatic rings. The summed E-state index contributed by atoms with van der Waals surface area (Å²) in [5.74, 6) is 0.203. The predicted octanol–water partition coefficient (Wildman–Crippen LogP) is 2.45. The fourth-order valence-corrected chi connectivity index (χ4v) is 1.81. The Morgan fingerprint density at radius 2 is 2.35 bits per heavy atom. The Morgan fingerprint density at radius 1 is 1.65 bits per heavy atom. The first kappa shape index (κ1) is 12.0. The molecule has 1 heterocycles. The fourth-order valence-electron chi connectivity index (χ4n) is 1.81. The van der Waals surface area contributed by atoms with E-state index in [1.54, 1.807) is 6.92 Å². The van der Waals surface area contributed by atoms with Crippen molar-refractivity contribution >= 4 is 12.0 Å². The maximum Gasteiger partial charge on any atom is 0.360 e. The molecule has 0 atom stereocenters. The van der Waals surface area contributed by atoms with Crippen molar-refractivity contribution in [2.24, 2.45) is 5.92 Å². The summed E-state index contributed by atoms with van der Waals surface area (Å²) in [6, 6.07) is 0.380. The van der Waals surface area contributed by atoms with Gasteiger partial charge < -0.3 is 14.5 Å². The summed E-state index contributed by atoms with van der Waals surface area (Å²) in [7, 11) is 0. The Labute approximate surface area is 101 Å². The van der Waals surface area contributed by atoms with E-state index in [0.29, 0.717) is 18.5 Å². The van der Waals surface area contributed by atoms with E-state index >= 15 is 0 Å². The van der Waals surface area contributed by atoms with Crippen LogP contribution in [0.2, 0.25) is 0 Å². The molecule has 1 aromatic heterocycles. The van der Waals surface area contributed by atoms with Crippen LogP contribution in [0, 0.1) is 5.92 Å². The minimum Gasteiger partial charge on any atom is -0.461 e. The first-order valence-electron chi connectivity index (χ1n) is 5.93. The van der Waals surface area contributed by atoms with Crippen molar-refractivity contribution in [3.63, 3.8) is 0 Å². The highest BCUT2D eigenvalue weighted by Crippen LogP contribution is 2.40. The number of anilines is 1. The molecule has 2 rings (SSSR count). The van der Waals surface area contributed by atoms with Crippen LogP contribution < -0.4 is 5.32 Å². The van der Waals surface area contributed by atoms with Crippen molar-refractivity contribution in [1.29, 1.82) is 0 Å². The molecule has 0 unspecified atom stereocenters. The van der Waals surface area contributed by atoms with Gasteiger partial charge in [0.2, 0.25) is 0 Å². The molecule has 1 aliphatic rings. The summed E-state index contributed by atoms with van der Waals surface area (Å²) in [6.07, 6.45) is 3.78. The zero-order chi connectivity index (χ0) is 12.5. The molecule has 0 radical (unpaired) electrons. The summed E-state index contributed by atoms with van der Waals surface area (Å²) in [6.45, 7) is 6.31. The van der Waals surface area contributed by atoms with Gasteiger partial charge in [0.25, 0.3) is 6.01 Å². The molecule has 1 aliphatic carbocycles. The summed E-state index contributed by atoms with van der Waals surface area (Å²) in [5.41, 5.74) is 0.164. The lowest BCUT2D eigenvalue weighted by molar-refractivity contribution is 0.0519. The SMILES string of the molecule is CCOC(=O)c1coc(NC(C)(C)C2CC2)n1. The molecule has 0 bridgehead atoms. The molecule has 17 heavy (non-hydrogen) atoms. The van der Waals surface area contributed by atoms with Gasteiger partial charge in [-0.05, 0) is 39.5 Å². The average molecular weight is 238 g/mol. The molecule has 0 saturated heterocycles. The van der Waals surface area contributed by atoms with Crippen LogP contribution >= 0.6 is 0 Å². The van der Waals surface area contributed by atoms with E-state index in [1.165, 1.54) is 19.1 Å². The monoisotopic (exact) mass is 238 g/mol. The van der Waals surface area contributed by atoms with Crippen LogP contribution in [-0.2, 0) is 4.74 Å². The van der Waals surface area contributed by atoms with Crippen LogP contribution in [0.25, 0.3) is 0 Å². The number of nitrogens with one attached hydrogen (secondary N) is 1. The Bertz CT molecular complexity index is 408. The number of oxazole rings is 1. The number of esters is 1. The zero-order valence-corrected chi connectivity index (χ0v) is 10.4. The van der Waals surface area contributed by atoms with E-state index in [0.717, 1.165) is 0 Å². The maximum absolute atomic E-state index is 11.4. The van der Waals surface area contributed by atoms with Crippen LogP contribution in [0.3, 0.4) is 0 Å². The second-order valence-electron chi connectivity index (χ2n) is 4.88. The van der Waals surface area contributed by atoms with Gasteiger partial charge >= 0.3 is 5.97 Å². The molecule has 94 valence electrons. The number of carbonyl (C=O) groups is 1. The van der Waals surface area contributed by atoms with Gasteiger partial charge in [-0.1, -0.05) is 0 Å². The number of ether oxygens (including phenoxy) is 1. The van der Waals surface area contributed by atoms with Gasteiger partial charge in [0, 0.05) is 5.54 Å². The minimum absolute atomic E-state index is 0.0449. The van der Waals surface area contributed by atoms with Crippen LogP contribution in [0.15, 0.2) is 10.7 Å². The van der Waals surface area contributed by atoms with E-state index in [4.69, 9.17) is 9.15 Å². The van der Waals surface area contributed by atoms with Gasteiger partial charge in [-0.25, -0.2) is 4.79 Å². The minimum atomic E-state index is -0.450. The topological polar surface area (TPSA) is 64.4 Å². The fraction of sp³-hybridized carbons (Fsp3) is 0.667. The van der Waals surface area contributed by atoms with Crippen LogP contribution in [0.5, 0.6) is 0 Å². The molecule has 1 N–H and O–H groups in total. The first-order valence-corrected chi connectivity index (χ1v) is 5.93. The van der Waals surface area contributed by atoms with Crippen molar-refractivity contribution in [1.82, 2.24) is 4.98 Å². The highest BCUT2D eigenvalue weighted by atomic mass is 16.5. The van der Waals surface area contributed by atoms with E-state index in [1.807, 2.05) is 0 Å². The molecule has 1 saturated carbocycles. The smallest absolute Gasteiger partial charge is 0.360 e. The van der Waals surface area contributed by atoms with Crippen molar-refractivity contribution in [3.8, 4) is 0 Å². The second-order valence-corrected chi connectivity index (χ2v) is 4.88. The highest BCUT2D eigenvalue weighted by Gasteiger charge is 2.38. The first-order chi connectivity index (χ1) is 8.03. The second kappa shape index (κ2) is 4.39. The van der Waals surface area contributed by atoms with Crippen LogP contribution in [0.4, 0.5) is 6.01 Å². The van der Waals surface area contributed by atoms with Crippen LogP contribution in [0.1, 0.15) is 44.1 Å². The van der Waals surface area contributed by atoms with E-state index < -0.39 is 5.97 Å². The summed E-state index contributed by atoms with van der Waals surface area (Å²) in [5, 5.41) is 3.21. The third-order valence-corrected chi connectivity index (χ3v) is 3.02. The molecule has 5 heteroatoms. The lowest BCUT2D eigenvalue weighted by Crippen LogP contribution is -2.33.